The van der Waals surface area contributed by atoms with Gasteiger partial charge in [-0.3, -0.25) is 14.6 Å². The molecule has 0 bridgehead atoms. The number of carbonyl (C=O) groups excluding carboxylic acids is 2. The molecular weight excluding hydrogens is 232 g/mol. The van der Waals surface area contributed by atoms with Crippen LogP contribution in [0.3, 0.4) is 0 Å². The molecule has 96 valence electrons. The van der Waals surface area contributed by atoms with E-state index in [9.17, 15) is 9.59 Å². The van der Waals surface area contributed by atoms with E-state index in [0.29, 0.717) is 19.6 Å². The SMILES string of the molecule is O=C(NCc1cccnc1)C(=O)N1CCNCC1. The molecule has 1 saturated heterocycles. The summed E-state index contributed by atoms with van der Waals surface area (Å²) in [5, 5.41) is 5.74. The van der Waals surface area contributed by atoms with Crippen LogP contribution in [0.15, 0.2) is 24.5 Å². The second kappa shape index (κ2) is 6.11. The Morgan fingerprint density at radius 3 is 2.83 bits per heavy atom. The highest BCUT2D eigenvalue weighted by molar-refractivity contribution is 6.34. The predicted octanol–water partition coefficient (Wildman–Crippen LogP) is -0.870. The van der Waals surface area contributed by atoms with Gasteiger partial charge in [0.2, 0.25) is 0 Å². The Morgan fingerprint density at radius 1 is 1.39 bits per heavy atom. The van der Waals surface area contributed by atoms with Crippen molar-refractivity contribution in [3.8, 4) is 0 Å². The molecular formula is C12H16N4O2. The molecule has 2 heterocycles. The molecule has 2 N–H and O–H groups in total. The Hall–Kier alpha value is -1.95. The summed E-state index contributed by atoms with van der Waals surface area (Å²) >= 11 is 0. The lowest BCUT2D eigenvalue weighted by Gasteiger charge is -2.26. The zero-order valence-corrected chi connectivity index (χ0v) is 10.1. The summed E-state index contributed by atoms with van der Waals surface area (Å²) in [5.41, 5.74) is 0.874. The summed E-state index contributed by atoms with van der Waals surface area (Å²) < 4.78 is 0. The summed E-state index contributed by atoms with van der Waals surface area (Å²) in [6.07, 6.45) is 3.33. The number of nitrogens with zero attached hydrogens (tertiary/aromatic N) is 2. The minimum Gasteiger partial charge on any atom is -0.344 e. The molecule has 0 atom stereocenters. The molecule has 0 aliphatic carbocycles. The third-order valence-electron chi connectivity index (χ3n) is 2.77. The van der Waals surface area contributed by atoms with Gasteiger partial charge in [0, 0.05) is 45.1 Å². The van der Waals surface area contributed by atoms with E-state index in [-0.39, 0.29) is 0 Å². The maximum atomic E-state index is 11.8. The first kappa shape index (κ1) is 12.5. The van der Waals surface area contributed by atoms with Crippen LogP contribution in [-0.4, -0.2) is 47.9 Å². The van der Waals surface area contributed by atoms with Crippen molar-refractivity contribution in [3.63, 3.8) is 0 Å². The van der Waals surface area contributed by atoms with Gasteiger partial charge in [-0.1, -0.05) is 6.07 Å². The Labute approximate surface area is 105 Å². The fourth-order valence-corrected chi connectivity index (χ4v) is 1.77. The molecule has 6 nitrogen and oxygen atoms in total. The summed E-state index contributed by atoms with van der Waals surface area (Å²) in [6.45, 7) is 2.96. The van der Waals surface area contributed by atoms with Crippen LogP contribution in [0.4, 0.5) is 0 Å². The minimum absolute atomic E-state index is 0.324. The lowest BCUT2D eigenvalue weighted by molar-refractivity contribution is -0.146. The van der Waals surface area contributed by atoms with E-state index in [4.69, 9.17) is 0 Å². The zero-order valence-electron chi connectivity index (χ0n) is 10.1. The highest BCUT2D eigenvalue weighted by Gasteiger charge is 2.22. The second-order valence-corrected chi connectivity index (χ2v) is 4.09. The fourth-order valence-electron chi connectivity index (χ4n) is 1.77. The summed E-state index contributed by atoms with van der Waals surface area (Å²) in [7, 11) is 0. The van der Waals surface area contributed by atoms with Crippen LogP contribution < -0.4 is 10.6 Å². The number of hydrogen-bond donors (Lipinski definition) is 2. The third-order valence-corrected chi connectivity index (χ3v) is 2.77. The summed E-state index contributed by atoms with van der Waals surface area (Å²) in [4.78, 5) is 29.0. The Balaban J connectivity index is 1.82. The number of rotatable bonds is 2. The molecule has 0 unspecified atom stereocenters. The van der Waals surface area contributed by atoms with Gasteiger partial charge in [0.15, 0.2) is 0 Å². The fraction of sp³-hybridized carbons (Fsp3) is 0.417. The normalized spacial score (nSPS) is 15.2. The molecule has 18 heavy (non-hydrogen) atoms. The molecule has 0 saturated carbocycles. The number of aromatic nitrogens is 1. The van der Waals surface area contributed by atoms with Gasteiger partial charge < -0.3 is 15.5 Å². The van der Waals surface area contributed by atoms with Gasteiger partial charge in [-0.05, 0) is 11.6 Å². The van der Waals surface area contributed by atoms with Crippen LogP contribution in [0.1, 0.15) is 5.56 Å². The van der Waals surface area contributed by atoms with Gasteiger partial charge in [-0.25, -0.2) is 0 Å². The van der Waals surface area contributed by atoms with Crippen molar-refractivity contribution in [1.29, 1.82) is 0 Å². The van der Waals surface area contributed by atoms with Crippen LogP contribution >= 0.6 is 0 Å². The van der Waals surface area contributed by atoms with E-state index in [1.807, 2.05) is 6.07 Å². The first-order chi connectivity index (χ1) is 8.77. The molecule has 1 aliphatic heterocycles. The Morgan fingerprint density at radius 2 is 2.17 bits per heavy atom. The van der Waals surface area contributed by atoms with Gasteiger partial charge in [0.05, 0.1) is 0 Å². The lowest BCUT2D eigenvalue weighted by atomic mass is 10.3. The van der Waals surface area contributed by atoms with E-state index in [1.165, 1.54) is 0 Å². The Bertz CT molecular complexity index is 415. The van der Waals surface area contributed by atoms with E-state index >= 15 is 0 Å². The monoisotopic (exact) mass is 248 g/mol. The molecule has 1 aromatic heterocycles. The standard InChI is InChI=1S/C12H16N4O2/c17-11(12(18)16-6-4-13-5-7-16)15-9-10-2-1-3-14-8-10/h1-3,8,13H,4-7,9H2,(H,15,17). The van der Waals surface area contributed by atoms with Gasteiger partial charge in [-0.15, -0.1) is 0 Å². The highest BCUT2D eigenvalue weighted by atomic mass is 16.2. The number of amides is 2. The van der Waals surface area contributed by atoms with Crippen molar-refractivity contribution in [2.24, 2.45) is 0 Å². The number of piperazine rings is 1. The lowest BCUT2D eigenvalue weighted by Crippen LogP contribution is -2.51. The maximum absolute atomic E-state index is 11.8. The van der Waals surface area contributed by atoms with Crippen molar-refractivity contribution >= 4 is 11.8 Å². The number of hydrogen-bond acceptors (Lipinski definition) is 4. The average molecular weight is 248 g/mol. The topological polar surface area (TPSA) is 74.3 Å². The van der Waals surface area contributed by atoms with Crippen molar-refractivity contribution < 1.29 is 9.59 Å². The van der Waals surface area contributed by atoms with Crippen LogP contribution in [0, 0.1) is 0 Å². The molecule has 1 aliphatic rings. The van der Waals surface area contributed by atoms with Gasteiger partial charge in [0.1, 0.15) is 0 Å². The smallest absolute Gasteiger partial charge is 0.311 e. The van der Waals surface area contributed by atoms with Gasteiger partial charge >= 0.3 is 11.8 Å². The maximum Gasteiger partial charge on any atom is 0.311 e. The molecule has 6 heteroatoms. The minimum atomic E-state index is -0.555. The van der Waals surface area contributed by atoms with Crippen LogP contribution in [0.5, 0.6) is 0 Å². The largest absolute Gasteiger partial charge is 0.344 e. The average Bonchev–Trinajstić information content (AvgIpc) is 2.46. The van der Waals surface area contributed by atoms with Crippen LogP contribution in [0.2, 0.25) is 0 Å². The third kappa shape index (κ3) is 3.27. The predicted molar refractivity (Wildman–Crippen MR) is 65.5 cm³/mol. The van der Waals surface area contributed by atoms with Gasteiger partial charge in [-0.2, -0.15) is 0 Å². The van der Waals surface area contributed by atoms with E-state index < -0.39 is 11.8 Å². The second-order valence-electron chi connectivity index (χ2n) is 4.09. The quantitative estimate of drug-likeness (QED) is 0.667. The summed E-state index contributed by atoms with van der Waals surface area (Å²) in [6, 6.07) is 3.64. The van der Waals surface area contributed by atoms with Crippen molar-refractivity contribution in [1.82, 2.24) is 20.5 Å². The molecule has 0 spiro atoms. The Kier molecular flexibility index (Phi) is 4.25. The van der Waals surface area contributed by atoms with E-state index in [1.54, 1.807) is 23.4 Å². The molecule has 1 fully saturated rings. The first-order valence-electron chi connectivity index (χ1n) is 5.94. The highest BCUT2D eigenvalue weighted by Crippen LogP contribution is 1.96. The molecule has 2 amide bonds. The van der Waals surface area contributed by atoms with Crippen LogP contribution in [0.25, 0.3) is 0 Å². The number of nitrogens with one attached hydrogen (secondary N) is 2. The van der Waals surface area contributed by atoms with Crippen molar-refractivity contribution in [2.75, 3.05) is 26.2 Å². The van der Waals surface area contributed by atoms with E-state index in [0.717, 1.165) is 18.7 Å². The first-order valence-corrected chi connectivity index (χ1v) is 5.94. The zero-order chi connectivity index (χ0) is 12.8. The summed E-state index contributed by atoms with van der Waals surface area (Å²) in [5.74, 6) is -1.01. The van der Waals surface area contributed by atoms with Gasteiger partial charge in [0.25, 0.3) is 0 Å². The molecule has 0 radical (unpaired) electrons. The number of carbonyl (C=O) groups is 2. The molecule has 0 aromatic carbocycles. The van der Waals surface area contributed by atoms with Crippen LogP contribution in [-0.2, 0) is 16.1 Å². The molecule has 2 rings (SSSR count). The molecule has 1 aromatic rings. The van der Waals surface area contributed by atoms with Crippen molar-refractivity contribution in [2.45, 2.75) is 6.54 Å². The van der Waals surface area contributed by atoms with E-state index in [2.05, 4.69) is 15.6 Å². The van der Waals surface area contributed by atoms with Crippen molar-refractivity contribution in [3.05, 3.63) is 30.1 Å². The number of pyridine rings is 1.